The maximum Gasteiger partial charge on any atom is 0.254 e. The van der Waals surface area contributed by atoms with Crippen LogP contribution in [-0.2, 0) is 4.74 Å². The summed E-state index contributed by atoms with van der Waals surface area (Å²) in [5.74, 6) is 0.738. The van der Waals surface area contributed by atoms with E-state index >= 15 is 0 Å². The van der Waals surface area contributed by atoms with Gasteiger partial charge in [-0.3, -0.25) is 4.79 Å². The Bertz CT molecular complexity index is 665. The van der Waals surface area contributed by atoms with Crippen LogP contribution in [0.2, 0.25) is 0 Å². The first-order valence-corrected chi connectivity index (χ1v) is 7.72. The lowest BCUT2D eigenvalue weighted by atomic mass is 10.1. The maximum atomic E-state index is 12.4. The van der Waals surface area contributed by atoms with E-state index in [0.717, 1.165) is 0 Å². The van der Waals surface area contributed by atoms with Gasteiger partial charge >= 0.3 is 0 Å². The lowest BCUT2D eigenvalue weighted by molar-refractivity contribution is -0.0153. The quantitative estimate of drug-likeness (QED) is 0.840. The number of pyridine rings is 1. The van der Waals surface area contributed by atoms with Gasteiger partial charge in [-0.15, -0.1) is 0 Å². The number of hydrogen-bond donors (Lipinski definition) is 2. The van der Waals surface area contributed by atoms with Gasteiger partial charge in [0.2, 0.25) is 11.8 Å². The summed E-state index contributed by atoms with van der Waals surface area (Å²) in [6, 6.07) is 5.27. The molecule has 2 aromatic rings. The highest BCUT2D eigenvalue weighted by Gasteiger charge is 2.29. The van der Waals surface area contributed by atoms with Crippen LogP contribution in [0.1, 0.15) is 16.8 Å². The summed E-state index contributed by atoms with van der Waals surface area (Å²) in [5, 5.41) is 5.78. The van der Waals surface area contributed by atoms with E-state index in [4.69, 9.17) is 9.47 Å². The van der Waals surface area contributed by atoms with Crippen LogP contribution in [0.3, 0.4) is 0 Å². The van der Waals surface area contributed by atoms with Gasteiger partial charge in [0.25, 0.3) is 5.91 Å². The smallest absolute Gasteiger partial charge is 0.254 e. The zero-order valence-electron chi connectivity index (χ0n) is 13.3. The van der Waals surface area contributed by atoms with E-state index in [1.807, 2.05) is 12.1 Å². The highest BCUT2D eigenvalue weighted by atomic mass is 16.5. The van der Waals surface area contributed by atoms with E-state index in [1.165, 1.54) is 12.4 Å². The molecule has 0 bridgehead atoms. The Balaban J connectivity index is 1.65. The molecule has 2 atom stereocenters. The lowest BCUT2D eigenvalue weighted by Crippen LogP contribution is -2.51. The predicted octanol–water partition coefficient (Wildman–Crippen LogP) is 0.880. The fraction of sp³-hybridized carbons (Fsp3) is 0.375. The molecule has 0 radical (unpaired) electrons. The average molecular weight is 329 g/mol. The number of hydrogen-bond acceptors (Lipinski definition) is 7. The van der Waals surface area contributed by atoms with E-state index in [2.05, 4.69) is 25.6 Å². The fourth-order valence-corrected chi connectivity index (χ4v) is 2.39. The number of carbonyl (C=O) groups is 1. The topological polar surface area (TPSA) is 98.3 Å². The normalized spacial score (nSPS) is 20.2. The molecule has 1 aliphatic heterocycles. The lowest BCUT2D eigenvalue weighted by Gasteiger charge is -2.32. The van der Waals surface area contributed by atoms with Crippen molar-refractivity contribution < 1.29 is 14.3 Å². The van der Waals surface area contributed by atoms with Crippen LogP contribution in [-0.4, -0.2) is 53.3 Å². The molecule has 24 heavy (non-hydrogen) atoms. The molecule has 0 aromatic carbocycles. The van der Waals surface area contributed by atoms with E-state index in [-0.39, 0.29) is 18.1 Å². The molecule has 3 heterocycles. The van der Waals surface area contributed by atoms with Gasteiger partial charge in [0, 0.05) is 38.3 Å². The molecule has 0 unspecified atom stereocenters. The first-order chi connectivity index (χ1) is 11.8. The number of ether oxygens (including phenoxy) is 2. The molecule has 0 aliphatic carbocycles. The standard InChI is InChI=1S/C16H19N5O3/c1-17-16-19-8-11(9-20-16)15(22)21-12-5-7-23-10-13(12)24-14-4-2-3-6-18-14/h2-4,6,8-9,12-13H,5,7,10H2,1H3,(H,21,22)(H,17,19,20)/t12-,13-/m1/s1. The summed E-state index contributed by atoms with van der Waals surface area (Å²) in [6.45, 7) is 0.971. The maximum absolute atomic E-state index is 12.4. The van der Waals surface area contributed by atoms with Gasteiger partial charge in [-0.25, -0.2) is 15.0 Å². The van der Waals surface area contributed by atoms with Crippen LogP contribution in [0.5, 0.6) is 5.88 Å². The number of rotatable bonds is 5. The van der Waals surface area contributed by atoms with Crippen LogP contribution >= 0.6 is 0 Å². The molecule has 1 saturated heterocycles. The first kappa shape index (κ1) is 16.1. The summed E-state index contributed by atoms with van der Waals surface area (Å²) >= 11 is 0. The third-order valence-corrected chi connectivity index (χ3v) is 3.67. The molecule has 1 amide bonds. The van der Waals surface area contributed by atoms with Crippen molar-refractivity contribution in [3.05, 3.63) is 42.4 Å². The van der Waals surface area contributed by atoms with Crippen molar-refractivity contribution in [2.45, 2.75) is 18.6 Å². The van der Waals surface area contributed by atoms with Crippen molar-refractivity contribution >= 4 is 11.9 Å². The molecule has 3 rings (SSSR count). The second-order valence-electron chi connectivity index (χ2n) is 5.31. The predicted molar refractivity (Wildman–Crippen MR) is 86.9 cm³/mol. The minimum Gasteiger partial charge on any atom is -0.470 e. The molecule has 1 fully saturated rings. The number of carbonyl (C=O) groups excluding carboxylic acids is 1. The number of anilines is 1. The Morgan fingerprint density at radius 1 is 1.29 bits per heavy atom. The Kier molecular flexibility index (Phi) is 5.17. The van der Waals surface area contributed by atoms with Crippen LogP contribution in [0.4, 0.5) is 5.95 Å². The largest absolute Gasteiger partial charge is 0.470 e. The zero-order chi connectivity index (χ0) is 16.8. The molecule has 1 aliphatic rings. The van der Waals surface area contributed by atoms with Gasteiger partial charge in [0.1, 0.15) is 6.10 Å². The second kappa shape index (κ2) is 7.69. The Hall–Kier alpha value is -2.74. The van der Waals surface area contributed by atoms with Crippen molar-refractivity contribution in [1.29, 1.82) is 0 Å². The van der Waals surface area contributed by atoms with E-state index < -0.39 is 0 Å². The second-order valence-corrected chi connectivity index (χ2v) is 5.31. The molecular formula is C16H19N5O3. The molecule has 2 aromatic heterocycles. The molecule has 0 saturated carbocycles. The van der Waals surface area contributed by atoms with Gasteiger partial charge in [0.15, 0.2) is 0 Å². The number of nitrogens with one attached hydrogen (secondary N) is 2. The van der Waals surface area contributed by atoms with Crippen molar-refractivity contribution in [1.82, 2.24) is 20.3 Å². The molecule has 2 N–H and O–H groups in total. The fourth-order valence-electron chi connectivity index (χ4n) is 2.39. The molecule has 8 heteroatoms. The minimum absolute atomic E-state index is 0.169. The summed E-state index contributed by atoms with van der Waals surface area (Å²) in [7, 11) is 1.72. The third kappa shape index (κ3) is 3.96. The molecule has 126 valence electrons. The monoisotopic (exact) mass is 329 g/mol. The van der Waals surface area contributed by atoms with Gasteiger partial charge in [0.05, 0.1) is 18.2 Å². The van der Waals surface area contributed by atoms with Crippen LogP contribution < -0.4 is 15.4 Å². The Morgan fingerprint density at radius 3 is 2.83 bits per heavy atom. The summed E-state index contributed by atoms with van der Waals surface area (Å²) in [4.78, 5) is 24.6. The Labute approximate surface area is 139 Å². The number of nitrogens with zero attached hydrogens (tertiary/aromatic N) is 3. The minimum atomic E-state index is -0.296. The molecule has 8 nitrogen and oxygen atoms in total. The van der Waals surface area contributed by atoms with Crippen LogP contribution in [0, 0.1) is 0 Å². The highest BCUT2D eigenvalue weighted by molar-refractivity contribution is 5.93. The number of amides is 1. The van der Waals surface area contributed by atoms with Crippen molar-refractivity contribution in [2.75, 3.05) is 25.6 Å². The Morgan fingerprint density at radius 2 is 2.12 bits per heavy atom. The number of aromatic nitrogens is 3. The van der Waals surface area contributed by atoms with Crippen molar-refractivity contribution in [3.63, 3.8) is 0 Å². The van der Waals surface area contributed by atoms with Crippen LogP contribution in [0.25, 0.3) is 0 Å². The van der Waals surface area contributed by atoms with Gasteiger partial charge in [-0.1, -0.05) is 6.07 Å². The highest BCUT2D eigenvalue weighted by Crippen LogP contribution is 2.16. The molecular weight excluding hydrogens is 310 g/mol. The SMILES string of the molecule is CNc1ncc(C(=O)N[C@@H]2CCOC[C@H]2Oc2ccccn2)cn1. The van der Waals surface area contributed by atoms with Gasteiger partial charge < -0.3 is 20.1 Å². The first-order valence-electron chi connectivity index (χ1n) is 7.72. The van der Waals surface area contributed by atoms with Crippen LogP contribution in [0.15, 0.2) is 36.8 Å². The van der Waals surface area contributed by atoms with Crippen molar-refractivity contribution in [3.8, 4) is 5.88 Å². The van der Waals surface area contributed by atoms with Crippen molar-refractivity contribution in [2.24, 2.45) is 0 Å². The molecule has 0 spiro atoms. The summed E-state index contributed by atoms with van der Waals surface area (Å²) in [5.41, 5.74) is 0.400. The average Bonchev–Trinajstić information content (AvgIpc) is 2.64. The summed E-state index contributed by atoms with van der Waals surface area (Å²) in [6.07, 6.45) is 5.01. The summed E-state index contributed by atoms with van der Waals surface area (Å²) < 4.78 is 11.3. The van der Waals surface area contributed by atoms with Gasteiger partial charge in [-0.2, -0.15) is 0 Å². The van der Waals surface area contributed by atoms with E-state index in [9.17, 15) is 4.79 Å². The zero-order valence-corrected chi connectivity index (χ0v) is 13.3. The van der Waals surface area contributed by atoms with E-state index in [1.54, 1.807) is 19.3 Å². The van der Waals surface area contributed by atoms with E-state index in [0.29, 0.717) is 37.0 Å². The third-order valence-electron chi connectivity index (χ3n) is 3.67. The van der Waals surface area contributed by atoms with Gasteiger partial charge in [-0.05, 0) is 12.5 Å².